The minimum Gasteiger partial charge on any atom is -0.478 e. The maximum Gasteiger partial charge on any atom is 0.232 e. The van der Waals surface area contributed by atoms with Crippen LogP contribution in [0.5, 0.6) is 11.5 Å². The quantitative estimate of drug-likeness (QED) is 0.415. The van der Waals surface area contributed by atoms with E-state index in [2.05, 4.69) is 35.8 Å². The average molecular weight is 473 g/mol. The fourth-order valence-corrected chi connectivity index (χ4v) is 4.75. The van der Waals surface area contributed by atoms with E-state index in [4.69, 9.17) is 9.47 Å². The monoisotopic (exact) mass is 472 g/mol. The van der Waals surface area contributed by atoms with Crippen LogP contribution >= 0.6 is 0 Å². The summed E-state index contributed by atoms with van der Waals surface area (Å²) < 4.78 is 25.5. The number of Topliss-reactive ketones (excluding diaryl/α,β-unsaturated/α-hetero) is 1. The fourth-order valence-electron chi connectivity index (χ4n) is 4.75. The first kappa shape index (κ1) is 23.1. The summed E-state index contributed by atoms with van der Waals surface area (Å²) >= 11 is 0. The summed E-state index contributed by atoms with van der Waals surface area (Å²) in [7, 11) is 0. The Bertz CT molecular complexity index is 1280. The maximum absolute atomic E-state index is 13.3. The summed E-state index contributed by atoms with van der Waals surface area (Å²) in [5, 5.41) is 0. The van der Waals surface area contributed by atoms with Crippen LogP contribution < -0.4 is 14.4 Å². The molecule has 0 radical (unpaired) electrons. The molecule has 3 aromatic carbocycles. The average Bonchev–Trinajstić information content (AvgIpc) is 3.19. The van der Waals surface area contributed by atoms with Gasteiger partial charge in [0.25, 0.3) is 0 Å². The Morgan fingerprint density at radius 2 is 1.77 bits per heavy atom. The summed E-state index contributed by atoms with van der Waals surface area (Å²) in [6, 6.07) is 16.6. The molecule has 0 atom stereocenters. The maximum atomic E-state index is 13.3. The lowest BCUT2D eigenvalue weighted by Crippen LogP contribution is -2.31. The van der Waals surface area contributed by atoms with Gasteiger partial charge < -0.3 is 14.4 Å². The number of carbonyl (C=O) groups excluding carboxylic acids is 1. The molecule has 0 fully saturated rings. The Morgan fingerprint density at radius 3 is 2.46 bits per heavy atom. The highest BCUT2D eigenvalue weighted by Crippen LogP contribution is 2.44. The molecular formula is C29H29FN2O3. The highest BCUT2D eigenvalue weighted by atomic mass is 19.1. The molecule has 6 heteroatoms. The lowest BCUT2D eigenvalue weighted by Gasteiger charge is -2.30. The molecule has 5 nitrogen and oxygen atoms in total. The van der Waals surface area contributed by atoms with Gasteiger partial charge in [-0.25, -0.2) is 4.39 Å². The summed E-state index contributed by atoms with van der Waals surface area (Å²) in [5.41, 5.74) is 5.37. The fraction of sp³-hybridized carbons (Fsp3) is 0.276. The summed E-state index contributed by atoms with van der Waals surface area (Å²) in [4.78, 5) is 17.7. The summed E-state index contributed by atoms with van der Waals surface area (Å²) in [6.07, 6.45) is 1.81. The number of aryl methyl sites for hydroxylation is 1. The van der Waals surface area contributed by atoms with Gasteiger partial charge in [-0.3, -0.25) is 9.69 Å². The lowest BCUT2D eigenvalue weighted by molar-refractivity contribution is 0.0872. The van der Waals surface area contributed by atoms with Gasteiger partial charge in [-0.1, -0.05) is 24.3 Å². The Kier molecular flexibility index (Phi) is 6.31. The number of carbonyl (C=O) groups is 1. The van der Waals surface area contributed by atoms with E-state index in [0.29, 0.717) is 36.9 Å². The molecule has 3 aromatic rings. The van der Waals surface area contributed by atoms with Crippen LogP contribution in [0.4, 0.5) is 10.1 Å². The highest BCUT2D eigenvalue weighted by Gasteiger charge is 2.35. The Balaban J connectivity index is 1.40. The molecule has 2 aliphatic rings. The van der Waals surface area contributed by atoms with Gasteiger partial charge in [0, 0.05) is 31.9 Å². The molecule has 0 saturated heterocycles. The standard InChI is InChI=1S/C29H29FN2O3/c1-4-32(5-2)23-12-8-20(9-13-23)15-26-28(33)27-19(3)14-25-24(29(27)35-26)17-31(18-34-25)16-21-6-10-22(30)11-7-21/h6-15H,4-5,16-18H2,1-3H3/b26-15-. The van der Waals surface area contributed by atoms with E-state index in [0.717, 1.165) is 46.8 Å². The molecule has 0 amide bonds. The molecule has 2 aliphatic heterocycles. The number of fused-ring (bicyclic) bond motifs is 3. The van der Waals surface area contributed by atoms with Crippen LogP contribution in [0.15, 0.2) is 60.4 Å². The zero-order chi connectivity index (χ0) is 24.5. The highest BCUT2D eigenvalue weighted by molar-refractivity contribution is 6.15. The number of nitrogens with zero attached hydrogens (tertiary/aromatic N) is 2. The van der Waals surface area contributed by atoms with Crippen LogP contribution in [0.2, 0.25) is 0 Å². The van der Waals surface area contributed by atoms with Gasteiger partial charge in [0.05, 0.1) is 11.1 Å². The zero-order valence-corrected chi connectivity index (χ0v) is 20.3. The smallest absolute Gasteiger partial charge is 0.232 e. The van der Waals surface area contributed by atoms with Crippen LogP contribution in [0, 0.1) is 12.7 Å². The largest absolute Gasteiger partial charge is 0.478 e. The molecule has 35 heavy (non-hydrogen) atoms. The first-order valence-electron chi connectivity index (χ1n) is 12.0. The molecule has 0 bridgehead atoms. The van der Waals surface area contributed by atoms with Crippen molar-refractivity contribution in [1.29, 1.82) is 0 Å². The van der Waals surface area contributed by atoms with Crippen molar-refractivity contribution in [3.8, 4) is 11.5 Å². The van der Waals surface area contributed by atoms with Gasteiger partial charge in [-0.05, 0) is 73.9 Å². The van der Waals surface area contributed by atoms with Crippen LogP contribution in [-0.4, -0.2) is 30.5 Å². The van der Waals surface area contributed by atoms with Crippen molar-refractivity contribution < 1.29 is 18.7 Å². The van der Waals surface area contributed by atoms with Gasteiger partial charge in [-0.2, -0.15) is 0 Å². The van der Waals surface area contributed by atoms with Crippen LogP contribution in [0.1, 0.15) is 46.5 Å². The first-order chi connectivity index (χ1) is 17.0. The molecular weight excluding hydrogens is 443 g/mol. The van der Waals surface area contributed by atoms with Crippen molar-refractivity contribution in [3.63, 3.8) is 0 Å². The molecule has 180 valence electrons. The number of allylic oxidation sites excluding steroid dienone is 1. The van der Waals surface area contributed by atoms with Gasteiger partial charge in [0.1, 0.15) is 24.0 Å². The Hall–Kier alpha value is -3.64. The lowest BCUT2D eigenvalue weighted by atomic mass is 9.98. The van der Waals surface area contributed by atoms with E-state index in [-0.39, 0.29) is 11.6 Å². The van der Waals surface area contributed by atoms with E-state index < -0.39 is 0 Å². The second kappa shape index (κ2) is 9.55. The van der Waals surface area contributed by atoms with E-state index in [1.807, 2.05) is 25.1 Å². The third-order valence-corrected chi connectivity index (χ3v) is 6.63. The van der Waals surface area contributed by atoms with Gasteiger partial charge in [-0.15, -0.1) is 0 Å². The van der Waals surface area contributed by atoms with Crippen LogP contribution in [0.25, 0.3) is 6.08 Å². The number of anilines is 1. The third kappa shape index (κ3) is 4.54. The number of benzene rings is 3. The first-order valence-corrected chi connectivity index (χ1v) is 12.0. The van der Waals surface area contributed by atoms with Crippen molar-refractivity contribution >= 4 is 17.5 Å². The second-order valence-electron chi connectivity index (χ2n) is 8.96. The van der Waals surface area contributed by atoms with Gasteiger partial charge in [0.2, 0.25) is 5.78 Å². The number of ether oxygens (including phenoxy) is 2. The third-order valence-electron chi connectivity index (χ3n) is 6.63. The van der Waals surface area contributed by atoms with E-state index >= 15 is 0 Å². The number of rotatable bonds is 6. The van der Waals surface area contributed by atoms with Crippen molar-refractivity contribution in [1.82, 2.24) is 4.90 Å². The normalized spacial score (nSPS) is 16.0. The van der Waals surface area contributed by atoms with Gasteiger partial charge >= 0.3 is 0 Å². The number of halogens is 1. The van der Waals surface area contributed by atoms with Crippen molar-refractivity contribution in [2.45, 2.75) is 33.9 Å². The van der Waals surface area contributed by atoms with Crippen LogP contribution in [0.3, 0.4) is 0 Å². The molecule has 2 heterocycles. The predicted octanol–water partition coefficient (Wildman–Crippen LogP) is 5.95. The molecule has 0 N–H and O–H groups in total. The summed E-state index contributed by atoms with van der Waals surface area (Å²) in [5.74, 6) is 1.29. The topological polar surface area (TPSA) is 42.0 Å². The van der Waals surface area contributed by atoms with Crippen molar-refractivity contribution in [3.05, 3.63) is 94.0 Å². The number of hydrogen-bond donors (Lipinski definition) is 0. The molecule has 0 unspecified atom stereocenters. The Morgan fingerprint density at radius 1 is 1.06 bits per heavy atom. The predicted molar refractivity (Wildman–Crippen MR) is 135 cm³/mol. The molecule has 0 aromatic heterocycles. The number of ketones is 1. The molecule has 0 aliphatic carbocycles. The van der Waals surface area contributed by atoms with Gasteiger partial charge in [0.15, 0.2) is 5.76 Å². The Labute approximate surface area is 205 Å². The molecule has 0 spiro atoms. The minimum atomic E-state index is -0.254. The molecule has 0 saturated carbocycles. The second-order valence-corrected chi connectivity index (χ2v) is 8.96. The van der Waals surface area contributed by atoms with Crippen molar-refractivity contribution in [2.75, 3.05) is 24.7 Å². The van der Waals surface area contributed by atoms with E-state index in [1.165, 1.54) is 12.1 Å². The molecule has 5 rings (SSSR count). The zero-order valence-electron chi connectivity index (χ0n) is 20.3. The number of hydrogen-bond acceptors (Lipinski definition) is 5. The summed E-state index contributed by atoms with van der Waals surface area (Å²) in [6.45, 7) is 9.67. The SMILES string of the molecule is CCN(CC)c1ccc(/C=C2\Oc3c4c(cc(C)c3C2=O)OCN(Cc2ccc(F)cc2)C4)cc1. The van der Waals surface area contributed by atoms with E-state index in [9.17, 15) is 9.18 Å². The van der Waals surface area contributed by atoms with Crippen LogP contribution in [-0.2, 0) is 13.1 Å². The minimum absolute atomic E-state index is 0.108. The van der Waals surface area contributed by atoms with Crippen molar-refractivity contribution in [2.24, 2.45) is 0 Å². The van der Waals surface area contributed by atoms with E-state index in [1.54, 1.807) is 18.2 Å².